The lowest BCUT2D eigenvalue weighted by atomic mass is 9.76. The summed E-state index contributed by atoms with van der Waals surface area (Å²) >= 11 is 0. The third kappa shape index (κ3) is 5.89. The molecule has 1 aliphatic carbocycles. The van der Waals surface area contributed by atoms with E-state index in [1.165, 1.54) is 5.56 Å². The number of fused-ring (bicyclic) bond motifs is 1. The van der Waals surface area contributed by atoms with Crippen molar-refractivity contribution in [2.45, 2.75) is 39.8 Å². The second-order valence-corrected chi connectivity index (χ2v) is 9.77. The van der Waals surface area contributed by atoms with Crippen LogP contribution in [0.15, 0.2) is 59.7 Å². The third-order valence-corrected chi connectivity index (χ3v) is 7.29. The maximum Gasteiger partial charge on any atom is 0.247 e. The van der Waals surface area contributed by atoms with Gasteiger partial charge in [-0.15, -0.1) is 0 Å². The van der Waals surface area contributed by atoms with E-state index in [9.17, 15) is 4.79 Å². The van der Waals surface area contributed by atoms with Gasteiger partial charge in [0.05, 0.1) is 44.6 Å². The topological polar surface area (TPSA) is 63.6 Å². The molecule has 0 N–H and O–H groups in total. The normalized spacial score (nSPS) is 21.9. The smallest absolute Gasteiger partial charge is 0.247 e. The van der Waals surface area contributed by atoms with Gasteiger partial charge in [0.1, 0.15) is 0 Å². The van der Waals surface area contributed by atoms with Crippen molar-refractivity contribution in [3.63, 3.8) is 0 Å². The molecule has 7 heteroatoms. The van der Waals surface area contributed by atoms with Crippen LogP contribution >= 0.6 is 0 Å². The summed E-state index contributed by atoms with van der Waals surface area (Å²) in [6.07, 6.45) is 5.86. The van der Waals surface area contributed by atoms with Crippen LogP contribution in [0.5, 0.6) is 11.5 Å². The molecule has 0 aromatic heterocycles. The summed E-state index contributed by atoms with van der Waals surface area (Å²) in [6.45, 7) is 9.97. The SMILES string of the molecule is CCOc1ccc(C2=NN(Cc3ccc(CN4CCOCC4)cc3)C(=O)[C@H]3CC=CC[C@@H]23)cc1OCC. The molecule has 2 heterocycles. The number of allylic oxidation sites excluding steroid dienone is 2. The molecule has 2 aromatic rings. The van der Waals surface area contributed by atoms with Crippen molar-refractivity contribution in [3.8, 4) is 11.5 Å². The number of amides is 1. The number of nitrogens with zero attached hydrogens (tertiary/aromatic N) is 3. The minimum Gasteiger partial charge on any atom is -0.490 e. The summed E-state index contributed by atoms with van der Waals surface area (Å²) in [4.78, 5) is 15.9. The molecule has 0 unspecified atom stereocenters. The van der Waals surface area contributed by atoms with Crippen LogP contribution < -0.4 is 9.47 Å². The molecule has 0 spiro atoms. The van der Waals surface area contributed by atoms with E-state index in [2.05, 4.69) is 41.3 Å². The first kappa shape index (κ1) is 25.5. The fourth-order valence-corrected chi connectivity index (χ4v) is 5.37. The molecule has 7 nitrogen and oxygen atoms in total. The van der Waals surface area contributed by atoms with Crippen LogP contribution in [-0.4, -0.2) is 61.0 Å². The standard InChI is InChI=1S/C30H37N3O4/c1-3-36-27-14-13-24(19-28(27)37-4-2)29-25-7-5-6-8-26(25)30(34)33(31-29)21-23-11-9-22(10-12-23)20-32-15-17-35-18-16-32/h5-6,9-14,19,25-26H,3-4,7-8,15-18,20-21H2,1-2H3/t25-,26+/m1/s1. The monoisotopic (exact) mass is 503 g/mol. The number of morpholine rings is 1. The molecule has 1 amide bonds. The quantitative estimate of drug-likeness (QED) is 0.467. The Morgan fingerprint density at radius 2 is 1.51 bits per heavy atom. The molecular formula is C30H37N3O4. The fraction of sp³-hybridized carbons (Fsp3) is 0.467. The van der Waals surface area contributed by atoms with E-state index in [0.717, 1.165) is 68.3 Å². The number of hydrogen-bond acceptors (Lipinski definition) is 6. The predicted molar refractivity (Wildman–Crippen MR) is 144 cm³/mol. The van der Waals surface area contributed by atoms with Crippen molar-refractivity contribution in [1.82, 2.24) is 9.91 Å². The fourth-order valence-electron chi connectivity index (χ4n) is 5.37. The van der Waals surface area contributed by atoms with Gasteiger partial charge in [0.2, 0.25) is 5.91 Å². The zero-order valence-corrected chi connectivity index (χ0v) is 21.9. The van der Waals surface area contributed by atoms with Gasteiger partial charge in [0.15, 0.2) is 11.5 Å². The van der Waals surface area contributed by atoms with Gasteiger partial charge in [-0.3, -0.25) is 9.69 Å². The summed E-state index contributed by atoms with van der Waals surface area (Å²) in [5.74, 6) is 1.52. The molecule has 5 rings (SSSR count). The molecule has 196 valence electrons. The van der Waals surface area contributed by atoms with E-state index >= 15 is 0 Å². The van der Waals surface area contributed by atoms with Crippen molar-refractivity contribution in [2.75, 3.05) is 39.5 Å². The highest BCUT2D eigenvalue weighted by atomic mass is 16.5. The average molecular weight is 504 g/mol. The Bertz CT molecular complexity index is 1140. The second-order valence-electron chi connectivity index (χ2n) is 9.77. The van der Waals surface area contributed by atoms with E-state index in [1.807, 2.05) is 32.0 Å². The van der Waals surface area contributed by atoms with Crippen LogP contribution in [0.25, 0.3) is 0 Å². The van der Waals surface area contributed by atoms with Crippen molar-refractivity contribution < 1.29 is 19.0 Å². The Morgan fingerprint density at radius 3 is 2.22 bits per heavy atom. The molecule has 37 heavy (non-hydrogen) atoms. The van der Waals surface area contributed by atoms with Crippen molar-refractivity contribution in [3.05, 3.63) is 71.3 Å². The Morgan fingerprint density at radius 1 is 0.865 bits per heavy atom. The molecule has 3 aliphatic rings. The highest BCUT2D eigenvalue weighted by Crippen LogP contribution is 2.37. The molecule has 1 saturated heterocycles. The van der Waals surface area contributed by atoms with Gasteiger partial charge in [-0.2, -0.15) is 5.10 Å². The Kier molecular flexibility index (Phi) is 8.21. The van der Waals surface area contributed by atoms with Crippen LogP contribution in [0.3, 0.4) is 0 Å². The van der Waals surface area contributed by atoms with E-state index in [0.29, 0.717) is 25.5 Å². The zero-order valence-electron chi connectivity index (χ0n) is 21.9. The lowest BCUT2D eigenvalue weighted by Crippen LogP contribution is -2.45. The molecule has 0 bridgehead atoms. The summed E-state index contributed by atoms with van der Waals surface area (Å²) in [7, 11) is 0. The Balaban J connectivity index is 1.39. The first-order valence-corrected chi connectivity index (χ1v) is 13.5. The van der Waals surface area contributed by atoms with E-state index in [-0.39, 0.29) is 17.7 Å². The maximum absolute atomic E-state index is 13.5. The summed E-state index contributed by atoms with van der Waals surface area (Å²) < 4.78 is 17.1. The van der Waals surface area contributed by atoms with Crippen molar-refractivity contribution in [1.29, 1.82) is 0 Å². The Labute approximate surface area is 219 Å². The van der Waals surface area contributed by atoms with Crippen molar-refractivity contribution >= 4 is 11.6 Å². The van der Waals surface area contributed by atoms with Gasteiger partial charge in [-0.25, -0.2) is 5.01 Å². The number of rotatable bonds is 9. The Hall–Kier alpha value is -3.16. The van der Waals surface area contributed by atoms with Gasteiger partial charge in [-0.05, 0) is 56.0 Å². The molecule has 2 atom stereocenters. The summed E-state index contributed by atoms with van der Waals surface area (Å²) in [5, 5.41) is 6.62. The number of carbonyl (C=O) groups excluding carboxylic acids is 1. The number of benzene rings is 2. The van der Waals surface area contributed by atoms with Gasteiger partial charge in [0, 0.05) is 31.1 Å². The van der Waals surface area contributed by atoms with E-state index < -0.39 is 0 Å². The minimum atomic E-state index is -0.0970. The number of hydrazone groups is 1. The second kappa shape index (κ2) is 11.9. The van der Waals surface area contributed by atoms with E-state index in [4.69, 9.17) is 19.3 Å². The van der Waals surface area contributed by atoms with Gasteiger partial charge >= 0.3 is 0 Å². The maximum atomic E-state index is 13.5. The first-order chi connectivity index (χ1) is 18.2. The molecule has 2 aliphatic heterocycles. The molecule has 1 fully saturated rings. The average Bonchev–Trinajstić information content (AvgIpc) is 2.93. The molecular weight excluding hydrogens is 466 g/mol. The van der Waals surface area contributed by atoms with Gasteiger partial charge in [-0.1, -0.05) is 36.4 Å². The van der Waals surface area contributed by atoms with E-state index in [1.54, 1.807) is 5.01 Å². The van der Waals surface area contributed by atoms with Crippen LogP contribution in [0.2, 0.25) is 0 Å². The van der Waals surface area contributed by atoms with Crippen molar-refractivity contribution in [2.24, 2.45) is 16.9 Å². The number of carbonyl (C=O) groups is 1. The molecule has 2 aromatic carbocycles. The largest absolute Gasteiger partial charge is 0.490 e. The van der Waals surface area contributed by atoms with Gasteiger partial charge < -0.3 is 14.2 Å². The third-order valence-electron chi connectivity index (χ3n) is 7.29. The zero-order chi connectivity index (χ0) is 25.6. The summed E-state index contributed by atoms with van der Waals surface area (Å²) in [5.41, 5.74) is 4.28. The number of ether oxygens (including phenoxy) is 3. The lowest BCUT2D eigenvalue weighted by Gasteiger charge is -2.37. The first-order valence-electron chi connectivity index (χ1n) is 13.5. The lowest BCUT2D eigenvalue weighted by molar-refractivity contribution is -0.138. The molecule has 0 saturated carbocycles. The summed E-state index contributed by atoms with van der Waals surface area (Å²) in [6, 6.07) is 14.6. The number of hydrogen-bond donors (Lipinski definition) is 0. The van der Waals surface area contributed by atoms with Crippen LogP contribution in [-0.2, 0) is 22.6 Å². The highest BCUT2D eigenvalue weighted by Gasteiger charge is 2.40. The molecule has 0 radical (unpaired) electrons. The highest BCUT2D eigenvalue weighted by molar-refractivity contribution is 6.07. The van der Waals surface area contributed by atoms with Gasteiger partial charge in [0.25, 0.3) is 0 Å². The van der Waals surface area contributed by atoms with Crippen LogP contribution in [0.4, 0.5) is 0 Å². The van der Waals surface area contributed by atoms with Crippen LogP contribution in [0, 0.1) is 11.8 Å². The predicted octanol–water partition coefficient (Wildman–Crippen LogP) is 4.65. The minimum absolute atomic E-state index is 0.0667. The van der Waals surface area contributed by atoms with Crippen LogP contribution in [0.1, 0.15) is 43.4 Å².